The van der Waals surface area contributed by atoms with Crippen LogP contribution in [0.2, 0.25) is 0 Å². The van der Waals surface area contributed by atoms with Crippen molar-refractivity contribution < 1.29 is 9.84 Å². The molecule has 3 heterocycles. The number of rotatable bonds is 3. The molecular formula is C13H14ClN5O2S. The number of aliphatic hydroxyl groups is 1. The number of alkyl halides is 1. The summed E-state index contributed by atoms with van der Waals surface area (Å²) in [5.41, 5.74) is 15.8. The molecule has 3 rings (SSSR count). The molecule has 0 amide bonds. The lowest BCUT2D eigenvalue weighted by molar-refractivity contribution is -0.0540. The fourth-order valence-corrected chi connectivity index (χ4v) is 3.87. The molecule has 9 heteroatoms. The number of nitrogen functional groups attached to an aromatic ring is 1. The number of pyridine rings is 1. The van der Waals surface area contributed by atoms with Gasteiger partial charge in [-0.2, -0.15) is 0 Å². The van der Waals surface area contributed by atoms with E-state index >= 15 is 0 Å². The van der Waals surface area contributed by atoms with Crippen LogP contribution in [0.25, 0.3) is 20.7 Å². The van der Waals surface area contributed by atoms with Crippen molar-refractivity contribution in [2.45, 2.75) is 30.8 Å². The van der Waals surface area contributed by atoms with Crippen LogP contribution in [0.4, 0.5) is 5.69 Å². The maximum atomic E-state index is 10.4. The molecule has 3 N–H and O–H groups in total. The highest BCUT2D eigenvalue weighted by atomic mass is 35.5. The summed E-state index contributed by atoms with van der Waals surface area (Å²) in [5, 5.41) is 16.0. The summed E-state index contributed by atoms with van der Waals surface area (Å²) < 4.78 is 6.79. The Hall–Kier alpha value is -1.57. The molecule has 116 valence electrons. The van der Waals surface area contributed by atoms with Crippen LogP contribution in [0.1, 0.15) is 18.6 Å². The van der Waals surface area contributed by atoms with Crippen molar-refractivity contribution in [2.24, 2.45) is 5.11 Å². The fraction of sp³-hybridized carbons (Fsp3) is 0.462. The van der Waals surface area contributed by atoms with Crippen molar-refractivity contribution in [1.29, 1.82) is 0 Å². The fourth-order valence-electron chi connectivity index (χ4n) is 2.67. The second-order valence-corrected chi connectivity index (χ2v) is 6.54. The Kier molecular flexibility index (Phi) is 3.88. The molecule has 2 aromatic rings. The molecule has 4 atom stereocenters. The minimum absolute atomic E-state index is 0.0831. The number of thiophene rings is 1. The second-order valence-electron chi connectivity index (χ2n) is 5.39. The molecule has 1 aliphatic rings. The van der Waals surface area contributed by atoms with Gasteiger partial charge in [0.1, 0.15) is 5.60 Å². The topological polar surface area (TPSA) is 117 Å². The Labute approximate surface area is 135 Å². The predicted molar refractivity (Wildman–Crippen MR) is 85.9 cm³/mol. The molecule has 1 saturated heterocycles. The average Bonchev–Trinajstić information content (AvgIpc) is 3.04. The first kappa shape index (κ1) is 15.3. The summed E-state index contributed by atoms with van der Waals surface area (Å²) in [6.45, 7) is 1.70. The van der Waals surface area contributed by atoms with E-state index in [1.54, 1.807) is 19.2 Å². The van der Waals surface area contributed by atoms with E-state index in [9.17, 15) is 5.11 Å². The van der Waals surface area contributed by atoms with Gasteiger partial charge in [0, 0.05) is 16.7 Å². The average molecular weight is 340 g/mol. The summed E-state index contributed by atoms with van der Waals surface area (Å²) in [7, 11) is 0. The van der Waals surface area contributed by atoms with Gasteiger partial charge in [0.05, 0.1) is 40.0 Å². The summed E-state index contributed by atoms with van der Waals surface area (Å²) in [4.78, 5) is 7.17. The van der Waals surface area contributed by atoms with Gasteiger partial charge in [-0.15, -0.1) is 22.9 Å². The molecule has 0 saturated carbocycles. The maximum Gasteiger partial charge on any atom is 0.106 e. The molecule has 0 aliphatic carbocycles. The minimum atomic E-state index is -0.998. The number of aliphatic hydroxyl groups excluding tert-OH is 1. The lowest BCUT2D eigenvalue weighted by Gasteiger charge is -2.24. The summed E-state index contributed by atoms with van der Waals surface area (Å²) in [6, 6.07) is 0.954. The first-order valence-corrected chi connectivity index (χ1v) is 8.01. The Morgan fingerprint density at radius 3 is 3.14 bits per heavy atom. The van der Waals surface area contributed by atoms with Crippen molar-refractivity contribution in [3.8, 4) is 0 Å². The number of azide groups is 1. The van der Waals surface area contributed by atoms with Gasteiger partial charge in [0.2, 0.25) is 0 Å². The zero-order valence-electron chi connectivity index (χ0n) is 11.7. The standard InChI is InChI=1S/C13H14ClN5O2S/c1-13(5-14)12(20)9(18-19-16)10(21-13)6-4-22-11-7(15)2-3-17-8(6)11/h2-4,9-10,12,20H,5H2,1H3,(H2,15,17)/t9-,10-,12-,13-/m0/s1. The van der Waals surface area contributed by atoms with Crippen molar-refractivity contribution in [1.82, 2.24) is 4.98 Å². The monoisotopic (exact) mass is 339 g/mol. The van der Waals surface area contributed by atoms with E-state index in [0.29, 0.717) is 11.2 Å². The normalized spacial score (nSPS) is 31.3. The molecule has 0 radical (unpaired) electrons. The van der Waals surface area contributed by atoms with E-state index in [-0.39, 0.29) is 5.88 Å². The van der Waals surface area contributed by atoms with Crippen LogP contribution < -0.4 is 5.73 Å². The molecule has 7 nitrogen and oxygen atoms in total. The van der Waals surface area contributed by atoms with E-state index in [0.717, 1.165) is 10.3 Å². The number of hydrogen-bond acceptors (Lipinski definition) is 6. The summed E-state index contributed by atoms with van der Waals surface area (Å²) in [6.07, 6.45) is 0.00220. The number of nitrogens with zero attached hydrogens (tertiary/aromatic N) is 4. The third-order valence-electron chi connectivity index (χ3n) is 3.92. The number of halogens is 1. The molecule has 0 bridgehead atoms. The van der Waals surface area contributed by atoms with Gasteiger partial charge in [-0.1, -0.05) is 5.11 Å². The van der Waals surface area contributed by atoms with Gasteiger partial charge in [0.15, 0.2) is 0 Å². The number of fused-ring (bicyclic) bond motifs is 1. The van der Waals surface area contributed by atoms with Crippen molar-refractivity contribution >= 4 is 38.8 Å². The first-order chi connectivity index (χ1) is 10.5. The maximum absolute atomic E-state index is 10.4. The molecule has 1 fully saturated rings. The number of ether oxygens (including phenoxy) is 1. The molecular weight excluding hydrogens is 326 g/mol. The first-order valence-electron chi connectivity index (χ1n) is 6.59. The van der Waals surface area contributed by atoms with E-state index < -0.39 is 23.9 Å². The van der Waals surface area contributed by atoms with Crippen LogP contribution in [-0.4, -0.2) is 33.7 Å². The SMILES string of the molecule is C[C@@]1(CCl)O[C@@H](c2csc3c(N)ccnc23)[C@H](N=[N+]=[N-])[C@@H]1O. The van der Waals surface area contributed by atoms with Crippen LogP contribution in [0.3, 0.4) is 0 Å². The zero-order chi connectivity index (χ0) is 15.9. The Bertz CT molecular complexity index is 762. The number of nitrogens with two attached hydrogens (primary N) is 1. The lowest BCUT2D eigenvalue weighted by atomic mass is 9.95. The van der Waals surface area contributed by atoms with Crippen molar-refractivity contribution in [2.75, 3.05) is 11.6 Å². The highest BCUT2D eigenvalue weighted by Crippen LogP contribution is 2.45. The van der Waals surface area contributed by atoms with Gasteiger partial charge in [-0.05, 0) is 23.9 Å². The molecule has 1 aliphatic heterocycles. The molecule has 0 aromatic carbocycles. The number of aromatic nitrogens is 1. The van der Waals surface area contributed by atoms with Crippen LogP contribution >= 0.6 is 22.9 Å². The quantitative estimate of drug-likeness (QED) is 0.387. The molecule has 22 heavy (non-hydrogen) atoms. The molecule has 0 spiro atoms. The molecule has 0 unspecified atom stereocenters. The third kappa shape index (κ3) is 2.20. The van der Waals surface area contributed by atoms with E-state index in [4.69, 9.17) is 27.6 Å². The van der Waals surface area contributed by atoms with Crippen LogP contribution in [0, 0.1) is 0 Å². The van der Waals surface area contributed by atoms with Gasteiger partial charge in [-0.3, -0.25) is 4.98 Å². The Morgan fingerprint density at radius 1 is 1.68 bits per heavy atom. The van der Waals surface area contributed by atoms with Crippen LogP contribution in [-0.2, 0) is 4.74 Å². The predicted octanol–water partition coefficient (Wildman–Crippen LogP) is 2.99. The van der Waals surface area contributed by atoms with Gasteiger partial charge >= 0.3 is 0 Å². The zero-order valence-corrected chi connectivity index (χ0v) is 13.3. The minimum Gasteiger partial charge on any atom is -0.397 e. The van der Waals surface area contributed by atoms with E-state index in [1.165, 1.54) is 11.3 Å². The van der Waals surface area contributed by atoms with Crippen molar-refractivity contribution in [3.63, 3.8) is 0 Å². The van der Waals surface area contributed by atoms with Gasteiger partial charge < -0.3 is 15.6 Å². The van der Waals surface area contributed by atoms with Crippen LogP contribution in [0.15, 0.2) is 22.8 Å². The van der Waals surface area contributed by atoms with E-state index in [2.05, 4.69) is 15.0 Å². The van der Waals surface area contributed by atoms with Gasteiger partial charge in [-0.25, -0.2) is 0 Å². The smallest absolute Gasteiger partial charge is 0.106 e. The lowest BCUT2D eigenvalue weighted by Crippen LogP contribution is -2.41. The Morgan fingerprint density at radius 2 is 2.45 bits per heavy atom. The largest absolute Gasteiger partial charge is 0.397 e. The van der Waals surface area contributed by atoms with Gasteiger partial charge in [0.25, 0.3) is 0 Å². The Balaban J connectivity index is 2.12. The molecule has 2 aromatic heterocycles. The number of anilines is 1. The summed E-state index contributed by atoms with van der Waals surface area (Å²) in [5.74, 6) is 0.0831. The van der Waals surface area contributed by atoms with Crippen molar-refractivity contribution in [3.05, 3.63) is 33.6 Å². The highest BCUT2D eigenvalue weighted by Gasteiger charge is 2.52. The van der Waals surface area contributed by atoms with Crippen LogP contribution in [0.5, 0.6) is 0 Å². The second kappa shape index (κ2) is 5.57. The number of hydrogen-bond donors (Lipinski definition) is 2. The summed E-state index contributed by atoms with van der Waals surface area (Å²) >= 11 is 7.37. The third-order valence-corrected chi connectivity index (χ3v) is 5.49. The highest BCUT2D eigenvalue weighted by molar-refractivity contribution is 7.18. The van der Waals surface area contributed by atoms with E-state index in [1.807, 2.05) is 5.38 Å².